The quantitative estimate of drug-likeness (QED) is 0.0672. The number of nitrogens with zero attached hydrogens (tertiary/aromatic N) is 1. The highest BCUT2D eigenvalue weighted by Gasteiger charge is 2.29. The highest BCUT2D eigenvalue weighted by Crippen LogP contribution is 2.44. The Bertz CT molecular complexity index is 981. The Morgan fingerprint density at radius 2 is 1.88 bits per heavy atom. The first-order chi connectivity index (χ1) is 19.7. The second kappa shape index (κ2) is 18.8. The van der Waals surface area contributed by atoms with Gasteiger partial charge in [0.2, 0.25) is 0 Å². The number of carbonyl (C=O) groups excluding carboxylic acids is 1. The first-order valence-corrected chi connectivity index (χ1v) is 15.6. The van der Waals surface area contributed by atoms with Gasteiger partial charge in [-0.25, -0.2) is 0 Å². The van der Waals surface area contributed by atoms with Gasteiger partial charge >= 0.3 is 0 Å². The minimum absolute atomic E-state index is 0.00346. The Kier molecular flexibility index (Phi) is 15.9. The van der Waals surface area contributed by atoms with E-state index < -0.39 is 0 Å². The predicted molar refractivity (Wildman–Crippen MR) is 166 cm³/mol. The van der Waals surface area contributed by atoms with Gasteiger partial charge in [0.1, 0.15) is 0 Å². The number of guanidine groups is 1. The summed E-state index contributed by atoms with van der Waals surface area (Å²) in [5, 5.41) is 21.2. The lowest BCUT2D eigenvalue weighted by atomic mass is 9.78. The van der Waals surface area contributed by atoms with Gasteiger partial charge in [0.25, 0.3) is 0 Å². The number of phenols is 1. The molecule has 2 rings (SSSR count). The number of ether oxygens (including phenoxy) is 2. The van der Waals surface area contributed by atoms with Gasteiger partial charge in [-0.15, -0.1) is 0 Å². The number of rotatable bonds is 20. The molecule has 1 aromatic rings. The second-order valence-electron chi connectivity index (χ2n) is 12.0. The summed E-state index contributed by atoms with van der Waals surface area (Å²) in [6.45, 7) is 7.46. The van der Waals surface area contributed by atoms with Crippen LogP contribution in [0.15, 0.2) is 28.8 Å². The number of methoxy groups -OCH3 is 1. The monoisotopic (exact) mass is 573 g/mol. The van der Waals surface area contributed by atoms with E-state index in [1.54, 1.807) is 13.2 Å². The smallest absolute Gasteiger partial charge is 0.185 e. The molecule has 0 radical (unpaired) electrons. The number of aliphatic hydroxyl groups is 1. The fourth-order valence-electron chi connectivity index (χ4n) is 5.81. The van der Waals surface area contributed by atoms with E-state index in [4.69, 9.17) is 20.9 Å². The van der Waals surface area contributed by atoms with Gasteiger partial charge in [0.05, 0.1) is 12.7 Å². The molecule has 8 heteroatoms. The molecule has 0 aromatic heterocycles. The van der Waals surface area contributed by atoms with Crippen molar-refractivity contribution < 1.29 is 24.5 Å². The van der Waals surface area contributed by atoms with Crippen molar-refractivity contribution in [3.05, 3.63) is 34.9 Å². The molecule has 6 N–H and O–H groups in total. The molecule has 0 amide bonds. The van der Waals surface area contributed by atoms with E-state index in [1.165, 1.54) is 0 Å². The number of nitrogens with two attached hydrogens (primary N) is 2. The molecule has 0 unspecified atom stereocenters. The third-order valence-corrected chi connectivity index (χ3v) is 7.99. The van der Waals surface area contributed by atoms with Crippen LogP contribution in [0.25, 0.3) is 0 Å². The van der Waals surface area contributed by atoms with Gasteiger partial charge in [-0.1, -0.05) is 39.7 Å². The van der Waals surface area contributed by atoms with Gasteiger partial charge in [-0.2, -0.15) is 0 Å². The first-order valence-electron chi connectivity index (χ1n) is 15.6. The van der Waals surface area contributed by atoms with Crippen LogP contribution in [-0.2, 0) is 16.0 Å². The van der Waals surface area contributed by atoms with E-state index in [-0.39, 0.29) is 42.0 Å². The molecule has 1 aliphatic rings. The molecule has 0 saturated heterocycles. The molecule has 1 aromatic carbocycles. The second-order valence-corrected chi connectivity index (χ2v) is 12.0. The molecule has 0 aliphatic heterocycles. The molecule has 41 heavy (non-hydrogen) atoms. The van der Waals surface area contributed by atoms with Crippen LogP contribution >= 0.6 is 0 Å². The molecule has 1 fully saturated rings. The van der Waals surface area contributed by atoms with E-state index in [1.807, 2.05) is 13.0 Å². The number of ketones is 1. The fourth-order valence-corrected chi connectivity index (χ4v) is 5.81. The molecule has 0 bridgehead atoms. The molecular formula is C33H55N3O5. The third-order valence-electron chi connectivity index (χ3n) is 7.99. The van der Waals surface area contributed by atoms with Crippen LogP contribution in [0.4, 0.5) is 0 Å². The number of carbonyl (C=O) groups is 1. The Morgan fingerprint density at radius 3 is 2.49 bits per heavy atom. The molecule has 1 saturated carbocycles. The first kappa shape index (κ1) is 34.6. The average Bonchev–Trinajstić information content (AvgIpc) is 3.44. The number of allylic oxidation sites excluding steroid dienone is 1. The third kappa shape index (κ3) is 12.4. The van der Waals surface area contributed by atoms with Crippen molar-refractivity contribution in [2.45, 2.75) is 110 Å². The number of hydrogen-bond donors (Lipinski definition) is 4. The zero-order valence-corrected chi connectivity index (χ0v) is 25.9. The summed E-state index contributed by atoms with van der Waals surface area (Å²) in [6, 6.07) is 3.98. The Hall–Kier alpha value is -2.58. The van der Waals surface area contributed by atoms with Crippen molar-refractivity contribution in [3.63, 3.8) is 0 Å². The summed E-state index contributed by atoms with van der Waals surface area (Å²) < 4.78 is 12.1. The van der Waals surface area contributed by atoms with Crippen LogP contribution < -0.4 is 16.2 Å². The molecule has 2 atom stereocenters. The van der Waals surface area contributed by atoms with Crippen molar-refractivity contribution in [1.82, 2.24) is 0 Å². The summed E-state index contributed by atoms with van der Waals surface area (Å²) in [4.78, 5) is 16.9. The van der Waals surface area contributed by atoms with Gasteiger partial charge in [-0.05, 0) is 98.8 Å². The molecular weight excluding hydrogens is 518 g/mol. The minimum atomic E-state index is -0.0933. The van der Waals surface area contributed by atoms with E-state index in [2.05, 4.69) is 24.9 Å². The number of aliphatic imine (C=N–C) groups is 1. The van der Waals surface area contributed by atoms with Gasteiger partial charge < -0.3 is 31.2 Å². The zero-order chi connectivity index (χ0) is 30.2. The van der Waals surface area contributed by atoms with E-state index >= 15 is 0 Å². The average molecular weight is 574 g/mol. The summed E-state index contributed by atoms with van der Waals surface area (Å²) in [7, 11) is 1.71. The topological polar surface area (TPSA) is 140 Å². The molecule has 232 valence electrons. The Balaban J connectivity index is 2.44. The highest BCUT2D eigenvalue weighted by molar-refractivity contribution is 5.90. The van der Waals surface area contributed by atoms with Crippen LogP contribution in [0.1, 0.15) is 108 Å². The maximum atomic E-state index is 12.8. The molecule has 1 aliphatic carbocycles. The maximum absolute atomic E-state index is 12.8. The normalized spacial score (nSPS) is 15.7. The van der Waals surface area contributed by atoms with Crippen molar-refractivity contribution in [2.75, 3.05) is 26.9 Å². The van der Waals surface area contributed by atoms with Gasteiger partial charge in [-0.3, -0.25) is 9.79 Å². The fraction of sp³-hybridized carbons (Fsp3) is 0.697. The maximum Gasteiger partial charge on any atom is 0.185 e. The number of aliphatic hydroxyl groups excluding tert-OH is 1. The van der Waals surface area contributed by atoms with Crippen LogP contribution in [0.2, 0.25) is 0 Å². The molecule has 0 spiro atoms. The lowest BCUT2D eigenvalue weighted by Crippen LogP contribution is -2.23. The number of benzene rings is 1. The number of hydrogen-bond acceptors (Lipinski definition) is 6. The lowest BCUT2D eigenvalue weighted by molar-refractivity contribution is -0.114. The summed E-state index contributed by atoms with van der Waals surface area (Å²) in [6.07, 6.45) is 11.9. The van der Waals surface area contributed by atoms with Crippen LogP contribution in [0.5, 0.6) is 11.5 Å². The van der Waals surface area contributed by atoms with E-state index in [0.29, 0.717) is 44.1 Å². The largest absolute Gasteiger partial charge is 0.504 e. The predicted octanol–water partition coefficient (Wildman–Crippen LogP) is 5.77. The van der Waals surface area contributed by atoms with Crippen molar-refractivity contribution in [1.29, 1.82) is 0 Å². The summed E-state index contributed by atoms with van der Waals surface area (Å²) in [5.74, 6) is 1.52. The van der Waals surface area contributed by atoms with Crippen LogP contribution in [0.3, 0.4) is 0 Å². The van der Waals surface area contributed by atoms with Crippen LogP contribution in [0, 0.1) is 11.8 Å². The van der Waals surface area contributed by atoms with Crippen LogP contribution in [-0.4, -0.2) is 54.9 Å². The van der Waals surface area contributed by atoms with Gasteiger partial charge in [0, 0.05) is 32.2 Å². The SMILES string of the molecule is CCCC(=CC(=O)CCc1cc(OC2CCCC2)c(O)c([C@H](CCC(C)C)[C@H](CCCN=C(N)N)COC)c1)CO. The van der Waals surface area contributed by atoms with E-state index in [9.17, 15) is 15.0 Å². The summed E-state index contributed by atoms with van der Waals surface area (Å²) >= 11 is 0. The molecule has 8 nitrogen and oxygen atoms in total. The van der Waals surface area contributed by atoms with Crippen molar-refractivity contribution in [2.24, 2.45) is 28.3 Å². The summed E-state index contributed by atoms with van der Waals surface area (Å²) in [5.41, 5.74) is 13.7. The number of phenolic OH excluding ortho intramolecular Hbond substituents is 1. The van der Waals surface area contributed by atoms with E-state index in [0.717, 1.165) is 74.5 Å². The standard InChI is InChI=1S/C33H55N3O5/c1-5-9-25(21-37)18-27(38)15-14-24-19-30(32(39)31(20-24)41-28-11-6-7-12-28)29(16-13-23(2)3)26(22-40-4)10-8-17-36-33(34)35/h18-20,23,26,28-29,37,39H,5-17,21-22H2,1-4H3,(H4,34,35,36)/t26-,29-/m1/s1. The number of aryl methyl sites for hydroxylation is 1. The Labute approximate surface area is 247 Å². The minimum Gasteiger partial charge on any atom is -0.504 e. The Morgan fingerprint density at radius 1 is 1.15 bits per heavy atom. The van der Waals surface area contributed by atoms with Crippen molar-refractivity contribution >= 4 is 11.7 Å². The number of aromatic hydroxyl groups is 1. The molecule has 0 heterocycles. The highest BCUT2D eigenvalue weighted by atomic mass is 16.5. The zero-order valence-electron chi connectivity index (χ0n) is 25.9. The van der Waals surface area contributed by atoms with Gasteiger partial charge in [0.15, 0.2) is 23.2 Å². The lowest BCUT2D eigenvalue weighted by Gasteiger charge is -2.30. The van der Waals surface area contributed by atoms with Crippen molar-refractivity contribution in [3.8, 4) is 11.5 Å².